The normalized spacial score (nSPS) is 20.2. The number of hydrogen-bond donors (Lipinski definition) is 2. The van der Waals surface area contributed by atoms with Crippen molar-refractivity contribution in [1.29, 1.82) is 0 Å². The number of halogens is 1. The van der Waals surface area contributed by atoms with Crippen molar-refractivity contribution in [2.75, 3.05) is 13.2 Å². The van der Waals surface area contributed by atoms with Crippen LogP contribution < -0.4 is 5.73 Å². The zero-order chi connectivity index (χ0) is 11.6. The van der Waals surface area contributed by atoms with Crippen LogP contribution in [-0.2, 0) is 0 Å². The molecule has 1 saturated carbocycles. The molecule has 1 atom stereocenters. The van der Waals surface area contributed by atoms with Gasteiger partial charge in [-0.1, -0.05) is 40.5 Å². The van der Waals surface area contributed by atoms with E-state index in [0.29, 0.717) is 6.54 Å². The third-order valence-corrected chi connectivity index (χ3v) is 4.64. The number of rotatable bonds is 4. The molecule has 0 saturated heterocycles. The SMILES string of the molecule is NCC(c1ccccc1Br)C1(CO)CCC1. The molecule has 0 radical (unpaired) electrons. The van der Waals surface area contributed by atoms with Crippen molar-refractivity contribution < 1.29 is 5.11 Å². The van der Waals surface area contributed by atoms with E-state index in [1.54, 1.807) is 0 Å². The lowest BCUT2D eigenvalue weighted by molar-refractivity contribution is 0.0190. The first-order chi connectivity index (χ1) is 7.73. The second kappa shape index (κ2) is 4.86. The highest BCUT2D eigenvalue weighted by molar-refractivity contribution is 9.10. The van der Waals surface area contributed by atoms with Crippen molar-refractivity contribution in [1.82, 2.24) is 0 Å². The van der Waals surface area contributed by atoms with Gasteiger partial charge in [0, 0.05) is 22.4 Å². The number of aliphatic hydroxyl groups is 1. The lowest BCUT2D eigenvalue weighted by atomic mass is 9.60. The lowest BCUT2D eigenvalue weighted by Crippen LogP contribution is -2.42. The van der Waals surface area contributed by atoms with E-state index in [-0.39, 0.29) is 17.9 Å². The molecule has 1 aromatic rings. The predicted octanol–water partition coefficient (Wildman–Crippen LogP) is 2.65. The molecule has 88 valence electrons. The van der Waals surface area contributed by atoms with E-state index in [0.717, 1.165) is 17.3 Å². The molecule has 0 amide bonds. The minimum atomic E-state index is 0.0264. The van der Waals surface area contributed by atoms with Gasteiger partial charge < -0.3 is 10.8 Å². The maximum Gasteiger partial charge on any atom is 0.0493 e. The molecule has 2 nitrogen and oxygen atoms in total. The van der Waals surface area contributed by atoms with Gasteiger partial charge in [-0.05, 0) is 31.0 Å². The molecule has 1 aliphatic rings. The van der Waals surface area contributed by atoms with E-state index < -0.39 is 0 Å². The zero-order valence-corrected chi connectivity index (χ0v) is 10.9. The number of hydrogen-bond acceptors (Lipinski definition) is 2. The molecular weight excluding hydrogens is 266 g/mol. The molecule has 3 N–H and O–H groups in total. The van der Waals surface area contributed by atoms with Gasteiger partial charge in [0.15, 0.2) is 0 Å². The monoisotopic (exact) mass is 283 g/mol. The Balaban J connectivity index is 2.32. The topological polar surface area (TPSA) is 46.2 Å². The van der Waals surface area contributed by atoms with E-state index in [1.807, 2.05) is 18.2 Å². The van der Waals surface area contributed by atoms with Crippen LogP contribution in [0.2, 0.25) is 0 Å². The van der Waals surface area contributed by atoms with Gasteiger partial charge in [-0.2, -0.15) is 0 Å². The Morgan fingerprint density at radius 3 is 2.50 bits per heavy atom. The Hall–Kier alpha value is -0.380. The van der Waals surface area contributed by atoms with E-state index >= 15 is 0 Å². The fourth-order valence-corrected chi connectivity index (χ4v) is 3.27. The van der Waals surface area contributed by atoms with Crippen molar-refractivity contribution in [3.63, 3.8) is 0 Å². The van der Waals surface area contributed by atoms with Crippen LogP contribution >= 0.6 is 15.9 Å². The number of benzene rings is 1. The Kier molecular flexibility index (Phi) is 3.67. The molecule has 3 heteroatoms. The lowest BCUT2D eigenvalue weighted by Gasteiger charge is -2.46. The minimum absolute atomic E-state index is 0.0264. The fraction of sp³-hybridized carbons (Fsp3) is 0.538. The van der Waals surface area contributed by atoms with Crippen LogP contribution in [0.1, 0.15) is 30.7 Å². The summed E-state index contributed by atoms with van der Waals surface area (Å²) < 4.78 is 1.10. The highest BCUT2D eigenvalue weighted by Gasteiger charge is 2.43. The average Bonchev–Trinajstić information content (AvgIpc) is 2.25. The molecular formula is C13H18BrNO. The van der Waals surface area contributed by atoms with Gasteiger partial charge in [0.2, 0.25) is 0 Å². The van der Waals surface area contributed by atoms with E-state index in [1.165, 1.54) is 12.0 Å². The van der Waals surface area contributed by atoms with Crippen molar-refractivity contribution in [2.45, 2.75) is 25.2 Å². The Morgan fingerprint density at radius 1 is 1.38 bits per heavy atom. The summed E-state index contributed by atoms with van der Waals surface area (Å²) in [5.74, 6) is 0.266. The van der Waals surface area contributed by atoms with Gasteiger partial charge in [0.1, 0.15) is 0 Å². The van der Waals surface area contributed by atoms with Gasteiger partial charge in [0.05, 0.1) is 0 Å². The molecule has 2 rings (SSSR count). The first kappa shape index (κ1) is 12.1. The summed E-state index contributed by atoms with van der Waals surface area (Å²) in [5.41, 5.74) is 7.17. The molecule has 0 aliphatic heterocycles. The van der Waals surface area contributed by atoms with Gasteiger partial charge in [-0.3, -0.25) is 0 Å². The highest BCUT2D eigenvalue weighted by Crippen LogP contribution is 2.51. The first-order valence-corrected chi connectivity index (χ1v) is 6.58. The van der Waals surface area contributed by atoms with Crippen LogP contribution in [0.5, 0.6) is 0 Å². The van der Waals surface area contributed by atoms with E-state index in [2.05, 4.69) is 22.0 Å². The smallest absolute Gasteiger partial charge is 0.0493 e. The number of nitrogens with two attached hydrogens (primary N) is 1. The molecule has 0 bridgehead atoms. The molecule has 0 aromatic heterocycles. The number of aliphatic hydroxyl groups excluding tert-OH is 1. The third kappa shape index (κ3) is 1.92. The van der Waals surface area contributed by atoms with Crippen LogP contribution in [0.25, 0.3) is 0 Å². The summed E-state index contributed by atoms with van der Waals surface area (Å²) in [5, 5.41) is 9.62. The van der Waals surface area contributed by atoms with Crippen LogP contribution in [0, 0.1) is 5.41 Å². The van der Waals surface area contributed by atoms with Crippen molar-refractivity contribution >= 4 is 15.9 Å². The zero-order valence-electron chi connectivity index (χ0n) is 9.32. The summed E-state index contributed by atoms with van der Waals surface area (Å²) in [4.78, 5) is 0. The molecule has 1 aliphatic carbocycles. The van der Waals surface area contributed by atoms with Crippen molar-refractivity contribution in [3.05, 3.63) is 34.3 Å². The summed E-state index contributed by atoms with van der Waals surface area (Å²) in [6.45, 7) is 0.847. The molecule has 1 aromatic carbocycles. The molecule has 1 unspecified atom stereocenters. The van der Waals surface area contributed by atoms with Crippen LogP contribution in [-0.4, -0.2) is 18.3 Å². The van der Waals surface area contributed by atoms with Crippen molar-refractivity contribution in [2.24, 2.45) is 11.1 Å². The quantitative estimate of drug-likeness (QED) is 0.893. The van der Waals surface area contributed by atoms with Gasteiger partial charge in [0.25, 0.3) is 0 Å². The standard InChI is InChI=1S/C13H18BrNO/c14-12-5-2-1-4-10(12)11(8-15)13(9-16)6-3-7-13/h1-2,4-5,11,16H,3,6-9,15H2. The highest BCUT2D eigenvalue weighted by atomic mass is 79.9. The van der Waals surface area contributed by atoms with Crippen LogP contribution in [0.4, 0.5) is 0 Å². The summed E-state index contributed by atoms with van der Waals surface area (Å²) in [7, 11) is 0. The van der Waals surface area contributed by atoms with Gasteiger partial charge in [-0.25, -0.2) is 0 Å². The largest absolute Gasteiger partial charge is 0.396 e. The van der Waals surface area contributed by atoms with Gasteiger partial charge in [-0.15, -0.1) is 0 Å². The van der Waals surface area contributed by atoms with Gasteiger partial charge >= 0.3 is 0 Å². The molecule has 16 heavy (non-hydrogen) atoms. The third-order valence-electron chi connectivity index (χ3n) is 3.92. The minimum Gasteiger partial charge on any atom is -0.396 e. The molecule has 1 fully saturated rings. The Bertz CT molecular complexity index is 357. The maximum absolute atomic E-state index is 9.62. The maximum atomic E-state index is 9.62. The fourth-order valence-electron chi connectivity index (χ4n) is 2.71. The second-order valence-electron chi connectivity index (χ2n) is 4.68. The molecule has 0 spiro atoms. The average molecular weight is 284 g/mol. The van der Waals surface area contributed by atoms with E-state index in [9.17, 15) is 5.11 Å². The van der Waals surface area contributed by atoms with E-state index in [4.69, 9.17) is 5.73 Å². The first-order valence-electron chi connectivity index (χ1n) is 5.79. The molecule has 0 heterocycles. The Morgan fingerprint density at radius 2 is 2.06 bits per heavy atom. The van der Waals surface area contributed by atoms with Crippen molar-refractivity contribution in [3.8, 4) is 0 Å². The predicted molar refractivity (Wildman–Crippen MR) is 69.3 cm³/mol. The summed E-state index contributed by atoms with van der Waals surface area (Å²) in [6, 6.07) is 8.19. The Labute approximate surface area is 105 Å². The van der Waals surface area contributed by atoms with Crippen LogP contribution in [0.15, 0.2) is 28.7 Å². The summed E-state index contributed by atoms with van der Waals surface area (Å²) in [6.07, 6.45) is 3.39. The second-order valence-corrected chi connectivity index (χ2v) is 5.54. The summed E-state index contributed by atoms with van der Waals surface area (Å²) >= 11 is 3.58. The van der Waals surface area contributed by atoms with Crippen LogP contribution in [0.3, 0.4) is 0 Å².